The van der Waals surface area contributed by atoms with E-state index in [4.69, 9.17) is 4.74 Å². The van der Waals surface area contributed by atoms with Gasteiger partial charge in [-0.15, -0.1) is 0 Å². The summed E-state index contributed by atoms with van der Waals surface area (Å²) in [6.07, 6.45) is -0.267. The summed E-state index contributed by atoms with van der Waals surface area (Å²) >= 11 is 0. The lowest BCUT2D eigenvalue weighted by molar-refractivity contribution is 0.0299. The standard InChI is InChI=1S/C13H28N2O2/c1-10(2)11(3)14-8-9-15(7)12(16)17-13(4,5)6/h10-11,14H,8-9H2,1-7H3. The van der Waals surface area contributed by atoms with Crippen LogP contribution in [0.25, 0.3) is 0 Å². The van der Waals surface area contributed by atoms with Crippen LogP contribution in [0.1, 0.15) is 41.5 Å². The molecule has 0 spiro atoms. The zero-order valence-corrected chi connectivity index (χ0v) is 12.3. The van der Waals surface area contributed by atoms with Gasteiger partial charge >= 0.3 is 6.09 Å². The van der Waals surface area contributed by atoms with Gasteiger partial charge in [0.1, 0.15) is 5.60 Å². The van der Waals surface area contributed by atoms with Crippen LogP contribution in [0, 0.1) is 5.92 Å². The maximum atomic E-state index is 11.6. The molecular formula is C13H28N2O2. The Morgan fingerprint density at radius 3 is 2.24 bits per heavy atom. The predicted molar refractivity (Wildman–Crippen MR) is 71.2 cm³/mol. The Bertz CT molecular complexity index is 234. The van der Waals surface area contributed by atoms with Crippen molar-refractivity contribution in [3.63, 3.8) is 0 Å². The highest BCUT2D eigenvalue weighted by Crippen LogP contribution is 2.08. The van der Waals surface area contributed by atoms with E-state index in [0.29, 0.717) is 18.5 Å². The zero-order chi connectivity index (χ0) is 13.6. The van der Waals surface area contributed by atoms with E-state index in [2.05, 4.69) is 26.1 Å². The fourth-order valence-electron chi connectivity index (χ4n) is 1.13. The van der Waals surface area contributed by atoms with E-state index in [0.717, 1.165) is 6.54 Å². The number of ether oxygens (including phenoxy) is 1. The van der Waals surface area contributed by atoms with Crippen molar-refractivity contribution in [2.45, 2.75) is 53.2 Å². The molecule has 0 aromatic carbocycles. The molecule has 0 saturated carbocycles. The first kappa shape index (κ1) is 16.2. The third kappa shape index (κ3) is 8.02. The van der Waals surface area contributed by atoms with Crippen LogP contribution in [0.2, 0.25) is 0 Å². The number of nitrogens with zero attached hydrogens (tertiary/aromatic N) is 1. The number of rotatable bonds is 5. The van der Waals surface area contributed by atoms with Gasteiger partial charge in [0.05, 0.1) is 0 Å². The molecular weight excluding hydrogens is 216 g/mol. The molecule has 1 unspecified atom stereocenters. The van der Waals surface area contributed by atoms with Crippen molar-refractivity contribution >= 4 is 6.09 Å². The Hall–Kier alpha value is -0.770. The number of hydrogen-bond donors (Lipinski definition) is 1. The van der Waals surface area contributed by atoms with Gasteiger partial charge in [0.25, 0.3) is 0 Å². The van der Waals surface area contributed by atoms with Crippen molar-refractivity contribution in [2.75, 3.05) is 20.1 Å². The Kier molecular flexibility index (Phi) is 6.53. The van der Waals surface area contributed by atoms with Crippen LogP contribution in [-0.2, 0) is 4.74 Å². The maximum Gasteiger partial charge on any atom is 0.410 e. The number of carbonyl (C=O) groups excluding carboxylic acids is 1. The van der Waals surface area contributed by atoms with Crippen LogP contribution in [0.5, 0.6) is 0 Å². The molecule has 0 heterocycles. The fraction of sp³-hybridized carbons (Fsp3) is 0.923. The molecule has 17 heavy (non-hydrogen) atoms. The summed E-state index contributed by atoms with van der Waals surface area (Å²) in [4.78, 5) is 13.2. The van der Waals surface area contributed by atoms with Crippen LogP contribution in [0.4, 0.5) is 4.79 Å². The van der Waals surface area contributed by atoms with Gasteiger partial charge in [0.2, 0.25) is 0 Å². The Morgan fingerprint density at radius 2 is 1.82 bits per heavy atom. The number of hydrogen-bond acceptors (Lipinski definition) is 3. The van der Waals surface area contributed by atoms with Gasteiger partial charge < -0.3 is 15.0 Å². The highest BCUT2D eigenvalue weighted by Gasteiger charge is 2.19. The lowest BCUT2D eigenvalue weighted by Gasteiger charge is -2.25. The van der Waals surface area contributed by atoms with E-state index in [1.54, 1.807) is 11.9 Å². The Morgan fingerprint density at radius 1 is 1.29 bits per heavy atom. The number of nitrogens with one attached hydrogen (secondary N) is 1. The third-order valence-corrected chi connectivity index (χ3v) is 2.62. The second-order valence-electron chi connectivity index (χ2n) is 5.89. The fourth-order valence-corrected chi connectivity index (χ4v) is 1.13. The third-order valence-electron chi connectivity index (χ3n) is 2.62. The lowest BCUT2D eigenvalue weighted by Crippen LogP contribution is -2.40. The van der Waals surface area contributed by atoms with Crippen molar-refractivity contribution < 1.29 is 9.53 Å². The summed E-state index contributed by atoms with van der Waals surface area (Å²) < 4.78 is 5.26. The molecule has 0 aliphatic rings. The van der Waals surface area contributed by atoms with Crippen molar-refractivity contribution in [2.24, 2.45) is 5.92 Å². The number of likely N-dealkylation sites (N-methyl/N-ethyl adjacent to an activating group) is 1. The monoisotopic (exact) mass is 244 g/mol. The second-order valence-corrected chi connectivity index (χ2v) is 5.89. The molecule has 102 valence electrons. The van der Waals surface area contributed by atoms with Gasteiger partial charge in [-0.05, 0) is 33.6 Å². The summed E-state index contributed by atoms with van der Waals surface area (Å²) in [6, 6.07) is 0.460. The predicted octanol–water partition coefficient (Wildman–Crippen LogP) is 2.49. The van der Waals surface area contributed by atoms with Crippen LogP contribution in [-0.4, -0.2) is 42.8 Å². The summed E-state index contributed by atoms with van der Waals surface area (Å²) in [5.41, 5.74) is -0.427. The summed E-state index contributed by atoms with van der Waals surface area (Å²) in [5, 5.41) is 3.38. The minimum Gasteiger partial charge on any atom is -0.444 e. The first-order chi connectivity index (χ1) is 7.63. The maximum absolute atomic E-state index is 11.6. The molecule has 0 radical (unpaired) electrons. The molecule has 0 saturated heterocycles. The minimum atomic E-state index is -0.427. The smallest absolute Gasteiger partial charge is 0.410 e. The molecule has 0 aromatic heterocycles. The van der Waals surface area contributed by atoms with E-state index < -0.39 is 5.60 Å². The van der Waals surface area contributed by atoms with Crippen molar-refractivity contribution in [3.8, 4) is 0 Å². The van der Waals surface area contributed by atoms with Crippen LogP contribution >= 0.6 is 0 Å². The van der Waals surface area contributed by atoms with E-state index in [1.165, 1.54) is 0 Å². The van der Waals surface area contributed by atoms with Gasteiger partial charge in [-0.2, -0.15) is 0 Å². The SMILES string of the molecule is CC(C)C(C)NCCN(C)C(=O)OC(C)(C)C. The van der Waals surface area contributed by atoms with Gasteiger partial charge in [-0.25, -0.2) is 4.79 Å². The summed E-state index contributed by atoms with van der Waals surface area (Å²) in [5.74, 6) is 0.599. The largest absolute Gasteiger partial charge is 0.444 e. The summed E-state index contributed by atoms with van der Waals surface area (Å²) in [7, 11) is 1.76. The van der Waals surface area contributed by atoms with Crippen LogP contribution < -0.4 is 5.32 Å². The van der Waals surface area contributed by atoms with Gasteiger partial charge in [-0.1, -0.05) is 13.8 Å². The quantitative estimate of drug-likeness (QED) is 0.808. The number of amides is 1. The highest BCUT2D eigenvalue weighted by atomic mass is 16.6. The van der Waals surface area contributed by atoms with Crippen molar-refractivity contribution in [1.29, 1.82) is 0 Å². The number of carbonyl (C=O) groups is 1. The van der Waals surface area contributed by atoms with Crippen molar-refractivity contribution in [3.05, 3.63) is 0 Å². The normalized spacial score (nSPS) is 13.6. The lowest BCUT2D eigenvalue weighted by atomic mass is 10.1. The zero-order valence-electron chi connectivity index (χ0n) is 12.3. The average Bonchev–Trinajstić information content (AvgIpc) is 2.14. The highest BCUT2D eigenvalue weighted by molar-refractivity contribution is 5.67. The molecule has 4 nitrogen and oxygen atoms in total. The van der Waals surface area contributed by atoms with Gasteiger partial charge in [-0.3, -0.25) is 0 Å². The summed E-state index contributed by atoms with van der Waals surface area (Å²) in [6.45, 7) is 13.6. The molecule has 1 N–H and O–H groups in total. The topological polar surface area (TPSA) is 41.6 Å². The van der Waals surface area contributed by atoms with Crippen molar-refractivity contribution in [1.82, 2.24) is 10.2 Å². The molecule has 0 bridgehead atoms. The molecule has 4 heteroatoms. The van der Waals surface area contributed by atoms with E-state index in [-0.39, 0.29) is 6.09 Å². The molecule has 0 aliphatic heterocycles. The van der Waals surface area contributed by atoms with Crippen LogP contribution in [0.3, 0.4) is 0 Å². The first-order valence-corrected chi connectivity index (χ1v) is 6.31. The molecule has 0 aromatic rings. The Labute approximate surface area is 106 Å². The molecule has 1 amide bonds. The van der Waals surface area contributed by atoms with E-state index >= 15 is 0 Å². The van der Waals surface area contributed by atoms with E-state index in [1.807, 2.05) is 20.8 Å². The molecule has 0 aliphatic carbocycles. The first-order valence-electron chi connectivity index (χ1n) is 6.31. The second kappa shape index (κ2) is 6.84. The Balaban J connectivity index is 3.87. The van der Waals surface area contributed by atoms with Gasteiger partial charge in [0.15, 0.2) is 0 Å². The van der Waals surface area contributed by atoms with Crippen LogP contribution in [0.15, 0.2) is 0 Å². The molecule has 0 rings (SSSR count). The molecule has 0 fully saturated rings. The average molecular weight is 244 g/mol. The molecule has 1 atom stereocenters. The van der Waals surface area contributed by atoms with E-state index in [9.17, 15) is 4.79 Å². The minimum absolute atomic E-state index is 0.267. The van der Waals surface area contributed by atoms with Gasteiger partial charge in [0, 0.05) is 26.2 Å².